The average Bonchev–Trinajstić information content (AvgIpc) is 2.43. The van der Waals surface area contributed by atoms with Gasteiger partial charge in [0.1, 0.15) is 0 Å². The summed E-state index contributed by atoms with van der Waals surface area (Å²) >= 11 is 0. The molecule has 148 valence electrons. The van der Waals surface area contributed by atoms with Crippen molar-refractivity contribution in [2.75, 3.05) is 13.1 Å². The normalized spacial score (nSPS) is 23.5. The van der Waals surface area contributed by atoms with Gasteiger partial charge in [-0.05, 0) is 65.2 Å². The summed E-state index contributed by atoms with van der Waals surface area (Å²) in [4.78, 5) is 18.4. The molecule has 0 aliphatic carbocycles. The number of hydrogen-bond donors (Lipinski definition) is 0. The fraction of sp³-hybridized carbons (Fsp3) is 0.783. The predicted octanol–water partition coefficient (Wildman–Crippen LogP) is 5.38. The first kappa shape index (κ1) is 21.1. The van der Waals surface area contributed by atoms with Gasteiger partial charge < -0.3 is 9.80 Å². The summed E-state index contributed by atoms with van der Waals surface area (Å²) in [6.07, 6.45) is 6.33. The van der Waals surface area contributed by atoms with Crippen molar-refractivity contribution >= 4 is 5.78 Å². The van der Waals surface area contributed by atoms with Gasteiger partial charge in [0.2, 0.25) is 0 Å². The van der Waals surface area contributed by atoms with Gasteiger partial charge in [-0.15, -0.1) is 0 Å². The predicted molar refractivity (Wildman–Crippen MR) is 111 cm³/mol. The van der Waals surface area contributed by atoms with Crippen molar-refractivity contribution in [1.82, 2.24) is 9.80 Å². The summed E-state index contributed by atoms with van der Waals surface area (Å²) in [5.41, 5.74) is 1.84. The van der Waals surface area contributed by atoms with Crippen LogP contribution in [-0.4, -0.2) is 39.8 Å². The van der Waals surface area contributed by atoms with Gasteiger partial charge in [0.25, 0.3) is 0 Å². The van der Waals surface area contributed by atoms with E-state index in [-0.39, 0.29) is 27.7 Å². The molecule has 0 aromatic rings. The molecule has 0 bridgehead atoms. The Bertz CT molecular complexity index is 570. The van der Waals surface area contributed by atoms with Crippen LogP contribution in [0, 0.1) is 10.8 Å². The quantitative estimate of drug-likeness (QED) is 0.660. The standard InChI is InChI=1S/C23H40N2O/c1-20(2,3)24-13-11-22(7,8)17(15-24)19(26)18-16-25(21(4,5)6)14-12-23(18,9)10/h15-16H,11-14H2,1-10H3. The molecule has 2 heterocycles. The Labute approximate surface area is 161 Å². The lowest BCUT2D eigenvalue weighted by Crippen LogP contribution is -2.47. The van der Waals surface area contributed by atoms with Crippen LogP contribution in [-0.2, 0) is 4.79 Å². The fourth-order valence-corrected chi connectivity index (χ4v) is 3.79. The van der Waals surface area contributed by atoms with Crippen molar-refractivity contribution in [1.29, 1.82) is 0 Å². The first-order valence-electron chi connectivity index (χ1n) is 10.1. The molecule has 0 saturated carbocycles. The molecule has 0 atom stereocenters. The summed E-state index contributed by atoms with van der Waals surface area (Å²) < 4.78 is 0. The van der Waals surface area contributed by atoms with E-state index >= 15 is 0 Å². The van der Waals surface area contributed by atoms with Crippen molar-refractivity contribution in [3.8, 4) is 0 Å². The number of allylic oxidation sites excluding steroid dienone is 2. The second-order valence-corrected chi connectivity index (χ2v) is 11.4. The number of hydrogen-bond acceptors (Lipinski definition) is 3. The third kappa shape index (κ3) is 4.18. The highest BCUT2D eigenvalue weighted by molar-refractivity contribution is 6.09. The molecule has 0 fully saturated rings. The Hall–Kier alpha value is -1.25. The van der Waals surface area contributed by atoms with Crippen molar-refractivity contribution in [2.24, 2.45) is 10.8 Å². The topological polar surface area (TPSA) is 23.6 Å². The maximum atomic E-state index is 13.7. The molecule has 3 heteroatoms. The van der Waals surface area contributed by atoms with E-state index in [2.05, 4.69) is 91.4 Å². The van der Waals surface area contributed by atoms with Crippen LogP contribution in [0.15, 0.2) is 23.5 Å². The van der Waals surface area contributed by atoms with Crippen molar-refractivity contribution < 1.29 is 4.79 Å². The smallest absolute Gasteiger partial charge is 0.188 e. The Morgan fingerprint density at radius 1 is 0.769 bits per heavy atom. The van der Waals surface area contributed by atoms with Gasteiger partial charge in [-0.25, -0.2) is 0 Å². The van der Waals surface area contributed by atoms with E-state index in [1.54, 1.807) is 0 Å². The van der Waals surface area contributed by atoms with Crippen molar-refractivity contribution in [3.05, 3.63) is 23.5 Å². The largest absolute Gasteiger partial charge is 0.372 e. The molecule has 2 aliphatic rings. The lowest BCUT2D eigenvalue weighted by molar-refractivity contribution is -0.115. The van der Waals surface area contributed by atoms with Crippen molar-refractivity contribution in [3.63, 3.8) is 0 Å². The zero-order valence-corrected chi connectivity index (χ0v) is 18.8. The van der Waals surface area contributed by atoms with Gasteiger partial charge in [-0.1, -0.05) is 27.7 Å². The van der Waals surface area contributed by atoms with Crippen LogP contribution in [0.3, 0.4) is 0 Å². The SMILES string of the molecule is CC1(C)CCN(C(C)(C)C)C=C1C(=O)C1=CN(C(C)(C)C)CCC1(C)C. The van der Waals surface area contributed by atoms with Gasteiger partial charge in [-0.3, -0.25) is 4.79 Å². The fourth-order valence-electron chi connectivity index (χ4n) is 3.79. The number of rotatable bonds is 2. The maximum absolute atomic E-state index is 13.7. The third-order valence-electron chi connectivity index (χ3n) is 6.20. The lowest BCUT2D eigenvalue weighted by atomic mass is 9.69. The minimum Gasteiger partial charge on any atom is -0.372 e. The molecule has 2 aliphatic heterocycles. The molecule has 0 saturated heterocycles. The molecule has 0 aromatic heterocycles. The van der Waals surface area contributed by atoms with Crippen LogP contribution in [0.1, 0.15) is 82.1 Å². The Morgan fingerprint density at radius 2 is 1.08 bits per heavy atom. The van der Waals surface area contributed by atoms with Gasteiger partial charge in [0, 0.05) is 47.7 Å². The first-order valence-corrected chi connectivity index (χ1v) is 10.1. The van der Waals surface area contributed by atoms with Crippen molar-refractivity contribution in [2.45, 2.75) is 93.2 Å². The Morgan fingerprint density at radius 3 is 1.35 bits per heavy atom. The second-order valence-electron chi connectivity index (χ2n) is 11.4. The Balaban J connectivity index is 2.49. The number of Topliss-reactive ketones (excluding diaryl/α,β-unsaturated/α-hetero) is 1. The number of nitrogens with zero attached hydrogens (tertiary/aromatic N) is 2. The second kappa shape index (κ2) is 6.42. The molecule has 26 heavy (non-hydrogen) atoms. The highest BCUT2D eigenvalue weighted by Crippen LogP contribution is 2.43. The van der Waals surface area contributed by atoms with E-state index < -0.39 is 0 Å². The van der Waals surface area contributed by atoms with Crippen LogP contribution in [0.5, 0.6) is 0 Å². The average molecular weight is 361 g/mol. The van der Waals surface area contributed by atoms with Crippen LogP contribution in [0.2, 0.25) is 0 Å². The highest BCUT2D eigenvalue weighted by atomic mass is 16.1. The summed E-state index contributed by atoms with van der Waals surface area (Å²) in [5, 5.41) is 0. The summed E-state index contributed by atoms with van der Waals surface area (Å²) in [5.74, 6) is 0.239. The van der Waals surface area contributed by atoms with Gasteiger partial charge >= 0.3 is 0 Å². The third-order valence-corrected chi connectivity index (χ3v) is 6.20. The first-order chi connectivity index (χ1) is 11.6. The summed E-state index contributed by atoms with van der Waals surface area (Å²) in [6, 6.07) is 0. The molecular weight excluding hydrogens is 320 g/mol. The molecule has 0 unspecified atom stereocenters. The summed E-state index contributed by atoms with van der Waals surface area (Å²) in [6.45, 7) is 24.2. The minimum absolute atomic E-state index is 0.0376. The zero-order valence-electron chi connectivity index (χ0n) is 18.8. The van der Waals surface area contributed by atoms with Crippen LogP contribution < -0.4 is 0 Å². The van der Waals surface area contributed by atoms with E-state index in [0.717, 1.165) is 37.1 Å². The number of carbonyl (C=O) groups is 1. The van der Waals surface area contributed by atoms with E-state index in [1.165, 1.54) is 0 Å². The van der Waals surface area contributed by atoms with Crippen LogP contribution in [0.4, 0.5) is 0 Å². The van der Waals surface area contributed by atoms with E-state index in [9.17, 15) is 4.79 Å². The molecule has 0 N–H and O–H groups in total. The minimum atomic E-state index is -0.0836. The number of ketones is 1. The molecule has 0 radical (unpaired) electrons. The highest BCUT2D eigenvalue weighted by Gasteiger charge is 2.41. The molecule has 3 nitrogen and oxygen atoms in total. The number of carbonyl (C=O) groups excluding carboxylic acids is 1. The zero-order chi connectivity index (χ0) is 20.1. The molecule has 0 aromatic carbocycles. The maximum Gasteiger partial charge on any atom is 0.188 e. The lowest BCUT2D eigenvalue weighted by Gasteiger charge is -2.46. The van der Waals surface area contributed by atoms with E-state index in [1.807, 2.05) is 0 Å². The van der Waals surface area contributed by atoms with E-state index in [4.69, 9.17) is 0 Å². The van der Waals surface area contributed by atoms with Gasteiger partial charge in [-0.2, -0.15) is 0 Å². The molecular formula is C23H40N2O. The van der Waals surface area contributed by atoms with Gasteiger partial charge in [0.05, 0.1) is 0 Å². The monoisotopic (exact) mass is 360 g/mol. The van der Waals surface area contributed by atoms with E-state index in [0.29, 0.717) is 0 Å². The van der Waals surface area contributed by atoms with Crippen LogP contribution >= 0.6 is 0 Å². The summed E-state index contributed by atoms with van der Waals surface area (Å²) in [7, 11) is 0. The molecule has 2 rings (SSSR count). The Kier molecular flexibility index (Phi) is 5.20. The molecule has 0 spiro atoms. The van der Waals surface area contributed by atoms with Gasteiger partial charge in [0.15, 0.2) is 5.78 Å². The van der Waals surface area contributed by atoms with Crippen LogP contribution in [0.25, 0.3) is 0 Å². The molecule has 0 amide bonds.